The Balaban J connectivity index is 1.44. The van der Waals surface area contributed by atoms with Gasteiger partial charge in [-0.2, -0.15) is 0 Å². The van der Waals surface area contributed by atoms with E-state index in [0.717, 1.165) is 17.7 Å². The van der Waals surface area contributed by atoms with Gasteiger partial charge < -0.3 is 20.3 Å². The van der Waals surface area contributed by atoms with Gasteiger partial charge in [-0.1, -0.05) is 13.3 Å². The van der Waals surface area contributed by atoms with E-state index in [4.69, 9.17) is 4.74 Å². The van der Waals surface area contributed by atoms with Crippen LogP contribution in [0, 0.1) is 11.8 Å². The summed E-state index contributed by atoms with van der Waals surface area (Å²) < 4.78 is 7.54. The van der Waals surface area contributed by atoms with Crippen LogP contribution in [0.4, 0.5) is 5.82 Å². The molecule has 0 aromatic carbocycles. The average molecular weight is 359 g/mol. The molecule has 7 atom stereocenters. The first kappa shape index (κ1) is 16.4. The number of imidazole rings is 1. The highest BCUT2D eigenvalue weighted by atomic mass is 16.6. The van der Waals surface area contributed by atoms with Crippen molar-refractivity contribution in [2.45, 2.75) is 69.6 Å². The monoisotopic (exact) mass is 359 g/mol. The summed E-state index contributed by atoms with van der Waals surface area (Å²) in [6.45, 7) is 1.93. The van der Waals surface area contributed by atoms with Crippen molar-refractivity contribution in [3.05, 3.63) is 12.7 Å². The second-order valence-electron chi connectivity index (χ2n) is 7.93. The van der Waals surface area contributed by atoms with Gasteiger partial charge >= 0.3 is 0 Å². The van der Waals surface area contributed by atoms with Gasteiger partial charge in [-0.05, 0) is 37.5 Å². The van der Waals surface area contributed by atoms with E-state index in [-0.39, 0.29) is 6.10 Å². The molecule has 5 rings (SSSR count). The van der Waals surface area contributed by atoms with E-state index >= 15 is 0 Å². The van der Waals surface area contributed by atoms with E-state index in [1.807, 2.05) is 6.92 Å². The minimum Gasteiger partial charge on any atom is -0.388 e. The van der Waals surface area contributed by atoms with Crippen molar-refractivity contribution < 1.29 is 14.9 Å². The molecule has 0 radical (unpaired) electrons. The van der Waals surface area contributed by atoms with Crippen LogP contribution >= 0.6 is 0 Å². The van der Waals surface area contributed by atoms with E-state index in [1.165, 1.54) is 32.0 Å². The van der Waals surface area contributed by atoms with Crippen LogP contribution in [-0.2, 0) is 4.74 Å². The van der Waals surface area contributed by atoms with E-state index < -0.39 is 18.4 Å². The molecular weight excluding hydrogens is 334 g/mol. The minimum atomic E-state index is -1.01. The molecule has 2 aromatic heterocycles. The van der Waals surface area contributed by atoms with Gasteiger partial charge in [0.2, 0.25) is 0 Å². The van der Waals surface area contributed by atoms with Crippen molar-refractivity contribution in [1.82, 2.24) is 19.5 Å². The summed E-state index contributed by atoms with van der Waals surface area (Å²) in [5.74, 6) is 2.32. The molecule has 1 saturated heterocycles. The lowest BCUT2D eigenvalue weighted by atomic mass is 9.95. The van der Waals surface area contributed by atoms with Crippen molar-refractivity contribution in [2.24, 2.45) is 11.8 Å². The highest BCUT2D eigenvalue weighted by molar-refractivity contribution is 5.82. The molecule has 3 fully saturated rings. The topological polar surface area (TPSA) is 105 Å². The Morgan fingerprint density at radius 3 is 2.77 bits per heavy atom. The van der Waals surface area contributed by atoms with Crippen molar-refractivity contribution in [3.63, 3.8) is 0 Å². The highest BCUT2D eigenvalue weighted by Crippen LogP contribution is 2.45. The Bertz CT molecular complexity index is 811. The summed E-state index contributed by atoms with van der Waals surface area (Å²) in [6, 6.07) is 0.455. The number of nitrogens with zero attached hydrogens (tertiary/aromatic N) is 4. The second-order valence-corrected chi connectivity index (χ2v) is 7.93. The number of fused-ring (bicyclic) bond motifs is 3. The van der Waals surface area contributed by atoms with Crippen molar-refractivity contribution >= 4 is 17.0 Å². The van der Waals surface area contributed by atoms with Crippen LogP contribution in [-0.4, -0.2) is 54.1 Å². The highest BCUT2D eigenvalue weighted by Gasteiger charge is 2.43. The molecule has 0 spiro atoms. The van der Waals surface area contributed by atoms with Gasteiger partial charge in [-0.15, -0.1) is 0 Å². The quantitative estimate of drug-likeness (QED) is 0.759. The smallest absolute Gasteiger partial charge is 0.167 e. The maximum atomic E-state index is 10.4. The molecule has 1 aliphatic heterocycles. The third-order valence-corrected chi connectivity index (χ3v) is 6.43. The molecule has 26 heavy (non-hydrogen) atoms. The molecule has 8 heteroatoms. The van der Waals surface area contributed by atoms with Gasteiger partial charge in [0, 0.05) is 6.04 Å². The maximum Gasteiger partial charge on any atom is 0.167 e. The van der Waals surface area contributed by atoms with Crippen LogP contribution in [0.2, 0.25) is 0 Å². The fraction of sp³-hybridized carbons (Fsp3) is 0.722. The normalized spacial score (nSPS) is 39.1. The third kappa shape index (κ3) is 2.43. The number of aliphatic hydroxyl groups is 2. The number of ether oxygens (including phenoxy) is 1. The van der Waals surface area contributed by atoms with E-state index in [9.17, 15) is 10.2 Å². The van der Waals surface area contributed by atoms with Crippen molar-refractivity contribution in [2.75, 3.05) is 5.32 Å². The molecular formula is C18H25N5O3. The molecule has 3 N–H and O–H groups in total. The maximum absolute atomic E-state index is 10.4. The molecule has 2 bridgehead atoms. The largest absolute Gasteiger partial charge is 0.388 e. The number of rotatable bonds is 4. The van der Waals surface area contributed by atoms with Crippen molar-refractivity contribution in [3.8, 4) is 0 Å². The number of aliphatic hydroxyl groups excluding tert-OH is 2. The predicted octanol–water partition coefficient (Wildman–Crippen LogP) is 1.46. The SMILES string of the molecule is CC[C@@H]1O[C@H](n2cnc3c(N[C@@H]4CC5CCC4C5)ncnc32)[C@@H](O)[C@H]1O. The lowest BCUT2D eigenvalue weighted by Crippen LogP contribution is -2.31. The first-order valence-electron chi connectivity index (χ1n) is 9.61. The molecule has 140 valence electrons. The Morgan fingerprint density at radius 2 is 2.08 bits per heavy atom. The zero-order valence-electron chi connectivity index (χ0n) is 14.8. The standard InChI is InChI=1S/C18H25N5O3/c1-2-12-14(24)15(25)18(26-12)23-8-21-13-16(19-7-20-17(13)23)22-11-6-9-3-4-10(11)5-9/h7-12,14-15,18,24-25H,2-6H2,1H3,(H,19,20,22)/t9?,10?,11-,12+,14+,15+,18+/m1/s1. The Hall–Kier alpha value is -1.77. The number of nitrogens with one attached hydrogen (secondary N) is 1. The van der Waals surface area contributed by atoms with Crippen LogP contribution in [0.1, 0.15) is 45.3 Å². The number of hydrogen-bond acceptors (Lipinski definition) is 7. The summed E-state index contributed by atoms with van der Waals surface area (Å²) in [6.07, 6.45) is 5.95. The van der Waals surface area contributed by atoms with Gasteiger partial charge in [-0.25, -0.2) is 15.0 Å². The fourth-order valence-corrected chi connectivity index (χ4v) is 5.04. The minimum absolute atomic E-state index is 0.388. The molecule has 2 saturated carbocycles. The van der Waals surface area contributed by atoms with Crippen LogP contribution in [0.5, 0.6) is 0 Å². The number of aromatic nitrogens is 4. The van der Waals surface area contributed by atoms with Crippen LogP contribution in [0.3, 0.4) is 0 Å². The summed E-state index contributed by atoms with van der Waals surface area (Å²) in [7, 11) is 0. The Morgan fingerprint density at radius 1 is 1.19 bits per heavy atom. The number of anilines is 1. The van der Waals surface area contributed by atoms with E-state index in [1.54, 1.807) is 10.9 Å². The van der Waals surface area contributed by atoms with Gasteiger partial charge in [0.05, 0.1) is 12.4 Å². The van der Waals surface area contributed by atoms with Crippen LogP contribution in [0.15, 0.2) is 12.7 Å². The predicted molar refractivity (Wildman–Crippen MR) is 94.4 cm³/mol. The third-order valence-electron chi connectivity index (χ3n) is 6.43. The van der Waals surface area contributed by atoms with Gasteiger partial charge in [0.25, 0.3) is 0 Å². The van der Waals surface area contributed by atoms with Gasteiger partial charge in [-0.3, -0.25) is 4.57 Å². The van der Waals surface area contributed by atoms with Gasteiger partial charge in [0.1, 0.15) is 18.5 Å². The lowest BCUT2D eigenvalue weighted by Gasteiger charge is -2.23. The molecule has 0 amide bonds. The zero-order chi connectivity index (χ0) is 17.8. The number of hydrogen-bond donors (Lipinski definition) is 3. The second kappa shape index (κ2) is 6.14. The summed E-state index contributed by atoms with van der Waals surface area (Å²) in [4.78, 5) is 13.2. The first-order chi connectivity index (χ1) is 12.7. The van der Waals surface area contributed by atoms with E-state index in [0.29, 0.717) is 23.6 Å². The fourth-order valence-electron chi connectivity index (χ4n) is 5.04. The summed E-state index contributed by atoms with van der Waals surface area (Å²) in [5, 5.41) is 24.1. The molecule has 2 aliphatic carbocycles. The molecule has 3 heterocycles. The Labute approximate surface area is 151 Å². The molecule has 3 aliphatic rings. The van der Waals surface area contributed by atoms with Crippen molar-refractivity contribution in [1.29, 1.82) is 0 Å². The van der Waals surface area contributed by atoms with Crippen LogP contribution in [0.25, 0.3) is 11.2 Å². The summed E-state index contributed by atoms with van der Waals surface area (Å²) in [5.41, 5.74) is 1.29. The lowest BCUT2D eigenvalue weighted by molar-refractivity contribution is -0.0355. The summed E-state index contributed by atoms with van der Waals surface area (Å²) >= 11 is 0. The Kier molecular flexibility index (Phi) is 3.88. The zero-order valence-corrected chi connectivity index (χ0v) is 14.8. The van der Waals surface area contributed by atoms with Crippen LogP contribution < -0.4 is 5.32 Å². The molecule has 8 nitrogen and oxygen atoms in total. The van der Waals surface area contributed by atoms with Gasteiger partial charge in [0.15, 0.2) is 23.2 Å². The molecule has 2 unspecified atom stereocenters. The molecule has 2 aromatic rings. The van der Waals surface area contributed by atoms with E-state index in [2.05, 4.69) is 20.3 Å². The first-order valence-corrected chi connectivity index (χ1v) is 9.61. The average Bonchev–Trinajstić information content (AvgIpc) is 3.41.